The van der Waals surface area contributed by atoms with E-state index in [-0.39, 0.29) is 10.6 Å². The van der Waals surface area contributed by atoms with E-state index >= 15 is 0 Å². The number of nitrogens with zero attached hydrogens (tertiary/aromatic N) is 3. The number of nitro groups is 1. The SMILES string of the molecule is O=[N+]([O-])c1ccc(C[n+]2ccc(-c3cc[n+](Cc4ccccc4)cc3)cc2)cc1. The Labute approximate surface area is 169 Å². The van der Waals surface area contributed by atoms with Crippen LogP contribution in [0.4, 0.5) is 5.69 Å². The summed E-state index contributed by atoms with van der Waals surface area (Å²) in [5.74, 6) is 0. The van der Waals surface area contributed by atoms with Crippen LogP contribution >= 0.6 is 0 Å². The lowest BCUT2D eigenvalue weighted by Crippen LogP contribution is -2.33. The lowest BCUT2D eigenvalue weighted by atomic mass is 10.1. The Kier molecular flexibility index (Phi) is 5.38. The van der Waals surface area contributed by atoms with E-state index in [1.807, 2.05) is 18.5 Å². The van der Waals surface area contributed by atoms with Gasteiger partial charge in [-0.1, -0.05) is 30.3 Å². The van der Waals surface area contributed by atoms with Gasteiger partial charge in [0.2, 0.25) is 0 Å². The lowest BCUT2D eigenvalue weighted by Gasteiger charge is -2.02. The zero-order chi connectivity index (χ0) is 20.1. The third kappa shape index (κ3) is 4.71. The van der Waals surface area contributed by atoms with Crippen molar-refractivity contribution in [3.8, 4) is 11.1 Å². The first-order valence-electron chi connectivity index (χ1n) is 9.43. The maximum Gasteiger partial charge on any atom is 0.269 e. The third-order valence-corrected chi connectivity index (χ3v) is 4.84. The van der Waals surface area contributed by atoms with Crippen LogP contribution < -0.4 is 9.13 Å². The molecular formula is C24H21N3O2+2. The predicted octanol–water partition coefficient (Wildman–Crippen LogP) is 3.93. The van der Waals surface area contributed by atoms with Crippen LogP contribution in [-0.4, -0.2) is 4.92 Å². The van der Waals surface area contributed by atoms with Gasteiger partial charge in [-0.15, -0.1) is 0 Å². The van der Waals surface area contributed by atoms with E-state index in [9.17, 15) is 10.1 Å². The summed E-state index contributed by atoms with van der Waals surface area (Å²) in [4.78, 5) is 10.4. The quantitative estimate of drug-likeness (QED) is 0.288. The zero-order valence-electron chi connectivity index (χ0n) is 15.9. The summed E-state index contributed by atoms with van der Waals surface area (Å²) in [5, 5.41) is 10.8. The highest BCUT2D eigenvalue weighted by molar-refractivity contribution is 5.60. The molecule has 0 aliphatic carbocycles. The summed E-state index contributed by atoms with van der Waals surface area (Å²) < 4.78 is 4.22. The number of rotatable bonds is 6. The summed E-state index contributed by atoms with van der Waals surface area (Å²) >= 11 is 0. The second-order valence-electron chi connectivity index (χ2n) is 6.93. The third-order valence-electron chi connectivity index (χ3n) is 4.84. The van der Waals surface area contributed by atoms with Crippen molar-refractivity contribution < 1.29 is 14.1 Å². The number of benzene rings is 2. The first kappa shape index (κ1) is 18.5. The van der Waals surface area contributed by atoms with Crippen LogP contribution in [0.25, 0.3) is 11.1 Å². The highest BCUT2D eigenvalue weighted by atomic mass is 16.6. The molecule has 5 heteroatoms. The number of pyridine rings is 2. The van der Waals surface area contributed by atoms with Gasteiger partial charge in [0.05, 0.1) is 4.92 Å². The van der Waals surface area contributed by atoms with Crippen LogP contribution in [0.15, 0.2) is 104 Å². The van der Waals surface area contributed by atoms with Crippen molar-refractivity contribution in [2.75, 3.05) is 0 Å². The fourth-order valence-corrected chi connectivity index (χ4v) is 3.24. The minimum Gasteiger partial charge on any atom is -0.258 e. The molecule has 0 saturated heterocycles. The van der Waals surface area contributed by atoms with Crippen molar-refractivity contribution in [3.05, 3.63) is 125 Å². The summed E-state index contributed by atoms with van der Waals surface area (Å²) in [6.45, 7) is 1.52. The largest absolute Gasteiger partial charge is 0.269 e. The smallest absolute Gasteiger partial charge is 0.258 e. The van der Waals surface area contributed by atoms with E-state index in [1.54, 1.807) is 24.3 Å². The van der Waals surface area contributed by atoms with Crippen LogP contribution in [-0.2, 0) is 13.1 Å². The van der Waals surface area contributed by atoms with Crippen molar-refractivity contribution in [2.45, 2.75) is 13.1 Å². The monoisotopic (exact) mass is 383 g/mol. The maximum absolute atomic E-state index is 10.8. The Morgan fingerprint density at radius 3 is 1.52 bits per heavy atom. The van der Waals surface area contributed by atoms with Crippen LogP contribution in [0.1, 0.15) is 11.1 Å². The van der Waals surface area contributed by atoms with E-state index in [1.165, 1.54) is 5.56 Å². The van der Waals surface area contributed by atoms with E-state index in [4.69, 9.17) is 0 Å². The number of non-ortho nitro benzene ring substituents is 1. The Morgan fingerprint density at radius 2 is 1.07 bits per heavy atom. The Hall–Kier alpha value is -3.86. The molecule has 0 spiro atoms. The molecule has 2 aromatic carbocycles. The molecule has 0 aliphatic heterocycles. The summed E-state index contributed by atoms with van der Waals surface area (Å²) in [5.41, 5.74) is 4.73. The molecule has 0 N–H and O–H groups in total. The molecule has 142 valence electrons. The van der Waals surface area contributed by atoms with E-state index in [0.29, 0.717) is 6.54 Å². The van der Waals surface area contributed by atoms with Gasteiger partial charge in [0.25, 0.3) is 5.69 Å². The zero-order valence-corrected chi connectivity index (χ0v) is 15.9. The highest BCUT2D eigenvalue weighted by Crippen LogP contribution is 2.16. The molecule has 0 fully saturated rings. The second-order valence-corrected chi connectivity index (χ2v) is 6.93. The average Bonchev–Trinajstić information content (AvgIpc) is 2.76. The van der Waals surface area contributed by atoms with E-state index < -0.39 is 0 Å². The number of hydrogen-bond donors (Lipinski definition) is 0. The molecule has 0 radical (unpaired) electrons. The molecule has 2 aromatic heterocycles. The molecule has 5 nitrogen and oxygen atoms in total. The van der Waals surface area contributed by atoms with Gasteiger partial charge >= 0.3 is 0 Å². The standard InChI is InChI=1S/C24H21N3O2/c28-27(29)24-8-6-21(7-9-24)19-26-16-12-23(13-17-26)22-10-14-25(15-11-22)18-20-4-2-1-3-5-20/h1-17H,18-19H2/q+2. The summed E-state index contributed by atoms with van der Waals surface area (Å²) in [7, 11) is 0. The van der Waals surface area contributed by atoms with Crippen molar-refractivity contribution >= 4 is 5.69 Å². The van der Waals surface area contributed by atoms with Gasteiger partial charge in [0.1, 0.15) is 0 Å². The molecule has 0 unspecified atom stereocenters. The number of aromatic nitrogens is 2. The molecule has 0 atom stereocenters. The molecule has 4 aromatic rings. The van der Waals surface area contributed by atoms with Gasteiger partial charge in [0, 0.05) is 47.5 Å². The summed E-state index contributed by atoms with van der Waals surface area (Å²) in [6.07, 6.45) is 8.25. The van der Waals surface area contributed by atoms with Gasteiger partial charge in [-0.25, -0.2) is 9.13 Å². The van der Waals surface area contributed by atoms with Crippen molar-refractivity contribution in [2.24, 2.45) is 0 Å². The second kappa shape index (κ2) is 8.44. The van der Waals surface area contributed by atoms with Crippen molar-refractivity contribution in [1.29, 1.82) is 0 Å². The fourth-order valence-electron chi connectivity index (χ4n) is 3.24. The molecule has 0 amide bonds. The maximum atomic E-state index is 10.8. The molecular weight excluding hydrogens is 362 g/mol. The van der Waals surface area contributed by atoms with Crippen molar-refractivity contribution in [1.82, 2.24) is 0 Å². The molecule has 4 rings (SSSR count). The van der Waals surface area contributed by atoms with Gasteiger partial charge in [-0.3, -0.25) is 10.1 Å². The van der Waals surface area contributed by atoms with E-state index in [2.05, 4.69) is 70.1 Å². The Balaban J connectivity index is 1.42. The van der Waals surface area contributed by atoms with Gasteiger partial charge in [0.15, 0.2) is 37.9 Å². The van der Waals surface area contributed by atoms with Crippen LogP contribution in [0, 0.1) is 10.1 Å². The fraction of sp³-hybridized carbons (Fsp3) is 0.0833. The normalized spacial score (nSPS) is 10.6. The summed E-state index contributed by atoms with van der Waals surface area (Å²) in [6, 6.07) is 25.5. The van der Waals surface area contributed by atoms with Gasteiger partial charge in [-0.05, 0) is 23.3 Å². The predicted molar refractivity (Wildman–Crippen MR) is 110 cm³/mol. The van der Waals surface area contributed by atoms with E-state index in [0.717, 1.165) is 23.2 Å². The van der Waals surface area contributed by atoms with Gasteiger partial charge in [-0.2, -0.15) is 0 Å². The minimum atomic E-state index is -0.380. The Bertz CT molecular complexity index is 1090. The molecule has 0 aliphatic rings. The van der Waals surface area contributed by atoms with Crippen molar-refractivity contribution in [3.63, 3.8) is 0 Å². The van der Waals surface area contributed by atoms with Crippen LogP contribution in [0.5, 0.6) is 0 Å². The molecule has 2 heterocycles. The lowest BCUT2D eigenvalue weighted by molar-refractivity contribution is -0.688. The molecule has 0 bridgehead atoms. The van der Waals surface area contributed by atoms with Crippen LogP contribution in [0.2, 0.25) is 0 Å². The van der Waals surface area contributed by atoms with Gasteiger partial charge < -0.3 is 0 Å². The number of hydrogen-bond acceptors (Lipinski definition) is 2. The number of nitro benzene ring substituents is 1. The molecule has 29 heavy (non-hydrogen) atoms. The topological polar surface area (TPSA) is 50.9 Å². The average molecular weight is 383 g/mol. The first-order valence-corrected chi connectivity index (χ1v) is 9.43. The molecule has 0 saturated carbocycles. The Morgan fingerprint density at radius 1 is 0.621 bits per heavy atom. The highest BCUT2D eigenvalue weighted by Gasteiger charge is 2.09. The first-order chi connectivity index (χ1) is 14.2. The minimum absolute atomic E-state index is 0.114. The van der Waals surface area contributed by atoms with Crippen LogP contribution in [0.3, 0.4) is 0 Å².